The van der Waals surface area contributed by atoms with Gasteiger partial charge in [-0.05, 0) is 70.8 Å². The molecule has 8 heteroatoms. The molecule has 0 unspecified atom stereocenters. The highest BCUT2D eigenvalue weighted by molar-refractivity contribution is 8.18. The van der Waals surface area contributed by atoms with Crippen molar-refractivity contribution in [1.29, 1.82) is 0 Å². The van der Waals surface area contributed by atoms with E-state index < -0.39 is 11.1 Å². The maximum atomic E-state index is 12.8. The quantitative estimate of drug-likeness (QED) is 0.419. The molecular formula is C28H26N2O5S. The Morgan fingerprint density at radius 2 is 1.75 bits per heavy atom. The van der Waals surface area contributed by atoms with Crippen molar-refractivity contribution in [3.8, 4) is 11.5 Å². The first-order valence-corrected chi connectivity index (χ1v) is 12.6. The van der Waals surface area contributed by atoms with Gasteiger partial charge in [-0.3, -0.25) is 19.3 Å². The standard InChI is InChI=1S/C28H26N2O5S/c1-34-24-15-19(9-11-23(24)35-18-20-8-10-21-6-2-3-7-22(21)14-20)16-25-27(32)30(28(33)36-25)17-26(31)29-12-4-5-13-29/h2-3,6-11,14-16H,4-5,12-13,17-18H2,1H3/b25-16+. The maximum absolute atomic E-state index is 12.8. The van der Waals surface area contributed by atoms with E-state index >= 15 is 0 Å². The fourth-order valence-corrected chi connectivity index (χ4v) is 5.21. The van der Waals surface area contributed by atoms with Gasteiger partial charge >= 0.3 is 0 Å². The Morgan fingerprint density at radius 3 is 2.53 bits per heavy atom. The zero-order valence-electron chi connectivity index (χ0n) is 19.9. The molecule has 0 N–H and O–H groups in total. The number of carbonyl (C=O) groups is 3. The molecule has 3 aromatic rings. The van der Waals surface area contributed by atoms with Crippen molar-refractivity contribution in [1.82, 2.24) is 9.80 Å². The Kier molecular flexibility index (Phi) is 6.95. The zero-order valence-corrected chi connectivity index (χ0v) is 20.8. The van der Waals surface area contributed by atoms with Crippen LogP contribution in [0.1, 0.15) is 24.0 Å². The number of benzene rings is 3. The van der Waals surface area contributed by atoms with Crippen LogP contribution in [0.2, 0.25) is 0 Å². The second kappa shape index (κ2) is 10.5. The number of thioether (sulfide) groups is 1. The third-order valence-electron chi connectivity index (χ3n) is 6.32. The van der Waals surface area contributed by atoms with Crippen LogP contribution in [0.25, 0.3) is 16.8 Å². The lowest BCUT2D eigenvalue weighted by Gasteiger charge is -2.18. The third-order valence-corrected chi connectivity index (χ3v) is 7.23. The zero-order chi connectivity index (χ0) is 25.1. The van der Waals surface area contributed by atoms with E-state index in [0.29, 0.717) is 36.8 Å². The van der Waals surface area contributed by atoms with Crippen LogP contribution in [-0.4, -0.2) is 53.6 Å². The van der Waals surface area contributed by atoms with Gasteiger partial charge in [0.15, 0.2) is 11.5 Å². The predicted octanol–water partition coefficient (Wildman–Crippen LogP) is 5.09. The Bertz CT molecular complexity index is 1360. The first-order valence-electron chi connectivity index (χ1n) is 11.8. The van der Waals surface area contributed by atoms with Crippen molar-refractivity contribution in [2.24, 2.45) is 0 Å². The number of methoxy groups -OCH3 is 1. The monoisotopic (exact) mass is 502 g/mol. The summed E-state index contributed by atoms with van der Waals surface area (Å²) in [6.45, 7) is 1.53. The number of likely N-dealkylation sites (tertiary alicyclic amines) is 1. The molecule has 0 atom stereocenters. The molecule has 0 saturated carbocycles. The smallest absolute Gasteiger partial charge is 0.294 e. The van der Waals surface area contributed by atoms with Crippen molar-refractivity contribution in [2.45, 2.75) is 19.4 Å². The number of hydrogen-bond acceptors (Lipinski definition) is 6. The van der Waals surface area contributed by atoms with Crippen LogP contribution in [0.5, 0.6) is 11.5 Å². The number of amides is 3. The van der Waals surface area contributed by atoms with E-state index in [9.17, 15) is 14.4 Å². The molecule has 0 aliphatic carbocycles. The molecule has 3 aromatic carbocycles. The van der Waals surface area contributed by atoms with Gasteiger partial charge in [0.05, 0.1) is 12.0 Å². The summed E-state index contributed by atoms with van der Waals surface area (Å²) in [7, 11) is 1.56. The Morgan fingerprint density at radius 1 is 0.972 bits per heavy atom. The lowest BCUT2D eigenvalue weighted by molar-refractivity contribution is -0.135. The molecule has 36 heavy (non-hydrogen) atoms. The molecule has 3 amide bonds. The van der Waals surface area contributed by atoms with Gasteiger partial charge in [-0.25, -0.2) is 0 Å². The van der Waals surface area contributed by atoms with E-state index in [0.717, 1.165) is 40.5 Å². The van der Waals surface area contributed by atoms with Crippen LogP contribution in [0.4, 0.5) is 4.79 Å². The van der Waals surface area contributed by atoms with E-state index in [-0.39, 0.29) is 17.4 Å². The van der Waals surface area contributed by atoms with Crippen molar-refractivity contribution in [3.05, 3.63) is 76.7 Å². The Balaban J connectivity index is 1.27. The third kappa shape index (κ3) is 5.09. The number of ether oxygens (including phenoxy) is 2. The average molecular weight is 503 g/mol. The molecule has 184 valence electrons. The van der Waals surface area contributed by atoms with Gasteiger partial charge in [-0.1, -0.05) is 42.5 Å². The van der Waals surface area contributed by atoms with Crippen LogP contribution in [-0.2, 0) is 16.2 Å². The summed E-state index contributed by atoms with van der Waals surface area (Å²) in [4.78, 5) is 40.7. The van der Waals surface area contributed by atoms with Crippen LogP contribution in [0.15, 0.2) is 65.6 Å². The van der Waals surface area contributed by atoms with E-state index in [2.05, 4.69) is 24.3 Å². The number of imide groups is 1. The highest BCUT2D eigenvalue weighted by atomic mass is 32.2. The number of rotatable bonds is 7. The average Bonchev–Trinajstić information content (AvgIpc) is 3.53. The van der Waals surface area contributed by atoms with Crippen LogP contribution < -0.4 is 9.47 Å². The summed E-state index contributed by atoms with van der Waals surface area (Å²) in [5.74, 6) is 0.457. The number of fused-ring (bicyclic) bond motifs is 1. The number of hydrogen-bond donors (Lipinski definition) is 0. The molecule has 7 nitrogen and oxygen atoms in total. The lowest BCUT2D eigenvalue weighted by atomic mass is 10.1. The van der Waals surface area contributed by atoms with Gasteiger partial charge in [0.25, 0.3) is 11.1 Å². The highest BCUT2D eigenvalue weighted by Crippen LogP contribution is 2.35. The Hall–Kier alpha value is -3.78. The Labute approximate surface area is 213 Å². The first kappa shape index (κ1) is 23.9. The van der Waals surface area contributed by atoms with Crippen LogP contribution >= 0.6 is 11.8 Å². The molecule has 2 saturated heterocycles. The SMILES string of the molecule is COc1cc(/C=C2/SC(=O)N(CC(=O)N3CCCC3)C2=O)ccc1OCc1ccc2ccccc2c1. The molecular weight excluding hydrogens is 476 g/mol. The fraction of sp³-hybridized carbons (Fsp3) is 0.250. The fourth-order valence-electron chi connectivity index (χ4n) is 4.37. The molecule has 0 aromatic heterocycles. The van der Waals surface area contributed by atoms with Crippen LogP contribution in [0.3, 0.4) is 0 Å². The van der Waals surface area contributed by atoms with Gasteiger partial charge in [0.2, 0.25) is 5.91 Å². The molecule has 2 heterocycles. The summed E-state index contributed by atoms with van der Waals surface area (Å²) in [5.41, 5.74) is 1.73. The molecule has 0 bridgehead atoms. The number of carbonyl (C=O) groups excluding carboxylic acids is 3. The van der Waals surface area contributed by atoms with Gasteiger partial charge in [0.1, 0.15) is 13.2 Å². The molecule has 2 fully saturated rings. The van der Waals surface area contributed by atoms with Crippen molar-refractivity contribution < 1.29 is 23.9 Å². The molecule has 2 aliphatic rings. The summed E-state index contributed by atoms with van der Waals surface area (Å²) < 4.78 is 11.5. The van der Waals surface area contributed by atoms with Crippen molar-refractivity contribution >= 4 is 45.7 Å². The highest BCUT2D eigenvalue weighted by Gasteiger charge is 2.37. The predicted molar refractivity (Wildman–Crippen MR) is 140 cm³/mol. The summed E-state index contributed by atoms with van der Waals surface area (Å²) in [6, 6.07) is 19.7. The van der Waals surface area contributed by atoms with Crippen LogP contribution in [0, 0.1) is 0 Å². The lowest BCUT2D eigenvalue weighted by Crippen LogP contribution is -2.40. The van der Waals surface area contributed by atoms with Gasteiger partial charge in [-0.15, -0.1) is 0 Å². The molecule has 0 spiro atoms. The second-order valence-corrected chi connectivity index (χ2v) is 9.73. The summed E-state index contributed by atoms with van der Waals surface area (Å²) in [5, 5.41) is 1.89. The first-order chi connectivity index (χ1) is 17.5. The van der Waals surface area contributed by atoms with E-state index in [1.165, 1.54) is 5.39 Å². The minimum absolute atomic E-state index is 0.189. The second-order valence-electron chi connectivity index (χ2n) is 8.74. The normalized spacial score (nSPS) is 16.9. The van der Waals surface area contributed by atoms with Gasteiger partial charge < -0.3 is 14.4 Å². The van der Waals surface area contributed by atoms with Gasteiger partial charge in [0, 0.05) is 13.1 Å². The summed E-state index contributed by atoms with van der Waals surface area (Å²) >= 11 is 0.843. The van der Waals surface area contributed by atoms with E-state index in [1.807, 2.05) is 24.3 Å². The molecule has 2 aliphatic heterocycles. The topological polar surface area (TPSA) is 76.2 Å². The molecule has 5 rings (SSSR count). The van der Waals surface area contributed by atoms with E-state index in [1.54, 1.807) is 30.2 Å². The minimum Gasteiger partial charge on any atom is -0.493 e. The largest absolute Gasteiger partial charge is 0.493 e. The maximum Gasteiger partial charge on any atom is 0.294 e. The van der Waals surface area contributed by atoms with Crippen molar-refractivity contribution in [3.63, 3.8) is 0 Å². The number of nitrogens with zero attached hydrogens (tertiary/aromatic N) is 2. The van der Waals surface area contributed by atoms with E-state index in [4.69, 9.17) is 9.47 Å². The molecule has 0 radical (unpaired) electrons. The van der Waals surface area contributed by atoms with Crippen molar-refractivity contribution in [2.75, 3.05) is 26.7 Å². The minimum atomic E-state index is -0.451. The summed E-state index contributed by atoms with van der Waals surface area (Å²) in [6.07, 6.45) is 3.55. The van der Waals surface area contributed by atoms with Gasteiger partial charge in [-0.2, -0.15) is 0 Å².